The summed E-state index contributed by atoms with van der Waals surface area (Å²) in [4.78, 5) is 25.9. The number of allylic oxidation sites excluding steroid dienone is 1. The van der Waals surface area contributed by atoms with Crippen molar-refractivity contribution in [3.63, 3.8) is 0 Å². The molecule has 9 nitrogen and oxygen atoms in total. The van der Waals surface area contributed by atoms with E-state index < -0.39 is 0 Å². The number of anilines is 2. The van der Waals surface area contributed by atoms with Crippen LogP contribution in [0, 0.1) is 0 Å². The Morgan fingerprint density at radius 1 is 1.38 bits per heavy atom. The lowest BCUT2D eigenvalue weighted by molar-refractivity contribution is 0.0879. The molecule has 2 heterocycles. The highest BCUT2D eigenvalue weighted by molar-refractivity contribution is 6.06. The maximum Gasteiger partial charge on any atom is 0.263 e. The molecule has 1 aromatic rings. The fraction of sp³-hybridized carbons (Fsp3) is 0.600. The van der Waals surface area contributed by atoms with E-state index in [2.05, 4.69) is 37.8 Å². The van der Waals surface area contributed by atoms with Gasteiger partial charge in [0, 0.05) is 24.7 Å². The number of ether oxygens (including phenoxy) is 1. The SMILES string of the molecule is C/C=C\N=C(CCCC)Nc1nc(NC2CCCCC2N)nc2c1C(=O)NCO2. The van der Waals surface area contributed by atoms with E-state index in [-0.39, 0.29) is 30.6 Å². The fourth-order valence-corrected chi connectivity index (χ4v) is 3.47. The Balaban J connectivity index is 1.91. The third-order valence-electron chi connectivity index (χ3n) is 5.09. The van der Waals surface area contributed by atoms with Crippen LogP contribution in [-0.2, 0) is 0 Å². The number of fused-ring (bicyclic) bond motifs is 1. The van der Waals surface area contributed by atoms with Crippen LogP contribution in [0.3, 0.4) is 0 Å². The van der Waals surface area contributed by atoms with Gasteiger partial charge in [-0.15, -0.1) is 0 Å². The molecule has 0 radical (unpaired) electrons. The highest BCUT2D eigenvalue weighted by Crippen LogP contribution is 2.29. The zero-order valence-corrected chi connectivity index (χ0v) is 17.2. The number of amides is 1. The maximum absolute atomic E-state index is 12.5. The van der Waals surface area contributed by atoms with Crippen LogP contribution in [0.15, 0.2) is 17.3 Å². The van der Waals surface area contributed by atoms with Crippen molar-refractivity contribution in [3.05, 3.63) is 17.8 Å². The summed E-state index contributed by atoms with van der Waals surface area (Å²) in [6, 6.07) is 0.156. The first-order chi connectivity index (χ1) is 14.1. The van der Waals surface area contributed by atoms with Gasteiger partial charge >= 0.3 is 0 Å². The van der Waals surface area contributed by atoms with Crippen molar-refractivity contribution in [1.82, 2.24) is 15.3 Å². The predicted octanol–water partition coefficient (Wildman–Crippen LogP) is 2.77. The van der Waals surface area contributed by atoms with Crippen LogP contribution in [0.4, 0.5) is 11.8 Å². The predicted molar refractivity (Wildman–Crippen MR) is 114 cm³/mol. The standard InChI is InChI=1S/C20H31N7O2/c1-3-5-10-15(22-11-4-2)25-17-16-18(28)23-12-29-19(16)27-20(26-17)24-14-9-7-6-8-13(14)21/h4,11,13-14H,3,5-10,12,21H2,1-2H3,(H,23,28)(H2,22,24,25,26,27)/b11-4-. The Morgan fingerprint density at radius 2 is 2.21 bits per heavy atom. The zero-order chi connectivity index (χ0) is 20.6. The van der Waals surface area contributed by atoms with Crippen LogP contribution in [0.1, 0.15) is 69.2 Å². The number of nitrogens with zero attached hydrogens (tertiary/aromatic N) is 3. The van der Waals surface area contributed by atoms with Crippen LogP contribution < -0.4 is 26.4 Å². The van der Waals surface area contributed by atoms with E-state index in [0.717, 1.165) is 50.8 Å². The molecule has 29 heavy (non-hydrogen) atoms. The molecule has 0 spiro atoms. The van der Waals surface area contributed by atoms with Gasteiger partial charge < -0.3 is 26.4 Å². The van der Waals surface area contributed by atoms with Crippen LogP contribution in [-0.4, -0.2) is 40.5 Å². The largest absolute Gasteiger partial charge is 0.456 e. The van der Waals surface area contributed by atoms with E-state index in [0.29, 0.717) is 17.3 Å². The number of nitrogens with two attached hydrogens (primary N) is 1. The third-order valence-corrected chi connectivity index (χ3v) is 5.09. The molecule has 1 aliphatic heterocycles. The van der Waals surface area contributed by atoms with E-state index in [1.165, 1.54) is 0 Å². The highest BCUT2D eigenvalue weighted by Gasteiger charge is 2.28. The van der Waals surface area contributed by atoms with Gasteiger partial charge in [-0.3, -0.25) is 4.79 Å². The molecule has 1 fully saturated rings. The molecule has 158 valence electrons. The number of carbonyl (C=O) groups excluding carboxylic acids is 1. The first kappa shape index (κ1) is 21.0. The van der Waals surface area contributed by atoms with Crippen LogP contribution >= 0.6 is 0 Å². The Kier molecular flexibility index (Phi) is 7.40. The van der Waals surface area contributed by atoms with Crippen molar-refractivity contribution >= 4 is 23.5 Å². The summed E-state index contributed by atoms with van der Waals surface area (Å²) in [5, 5.41) is 9.25. The minimum atomic E-state index is -0.268. The second-order valence-corrected chi connectivity index (χ2v) is 7.36. The van der Waals surface area contributed by atoms with Gasteiger partial charge in [-0.2, -0.15) is 9.97 Å². The van der Waals surface area contributed by atoms with E-state index in [4.69, 9.17) is 10.5 Å². The maximum atomic E-state index is 12.5. The minimum absolute atomic E-state index is 0.0559. The van der Waals surface area contributed by atoms with Gasteiger partial charge in [-0.05, 0) is 26.2 Å². The minimum Gasteiger partial charge on any atom is -0.456 e. The molecule has 2 atom stereocenters. The van der Waals surface area contributed by atoms with Gasteiger partial charge in [0.1, 0.15) is 11.4 Å². The van der Waals surface area contributed by atoms with Crippen LogP contribution in [0.2, 0.25) is 0 Å². The highest BCUT2D eigenvalue weighted by atomic mass is 16.5. The lowest BCUT2D eigenvalue weighted by Crippen LogP contribution is -2.43. The molecule has 5 N–H and O–H groups in total. The summed E-state index contributed by atoms with van der Waals surface area (Å²) >= 11 is 0. The summed E-state index contributed by atoms with van der Waals surface area (Å²) in [6.45, 7) is 4.11. The molecule has 9 heteroatoms. The molecule has 0 aromatic carbocycles. The van der Waals surface area contributed by atoms with Crippen LogP contribution in [0.5, 0.6) is 5.88 Å². The lowest BCUT2D eigenvalue weighted by Gasteiger charge is -2.30. The van der Waals surface area contributed by atoms with Gasteiger partial charge in [0.25, 0.3) is 5.91 Å². The molecule has 0 saturated heterocycles. The lowest BCUT2D eigenvalue weighted by atomic mass is 9.91. The van der Waals surface area contributed by atoms with Gasteiger partial charge in [0.05, 0.1) is 0 Å². The van der Waals surface area contributed by atoms with Crippen molar-refractivity contribution in [1.29, 1.82) is 0 Å². The normalized spacial score (nSPS) is 22.0. The topological polar surface area (TPSA) is 127 Å². The Bertz CT molecular complexity index is 778. The Labute approximate surface area is 171 Å². The molecule has 2 unspecified atom stereocenters. The van der Waals surface area contributed by atoms with Crippen molar-refractivity contribution < 1.29 is 9.53 Å². The number of unbranched alkanes of at least 4 members (excludes halogenated alkanes) is 1. The molecule has 1 aromatic heterocycles. The van der Waals surface area contributed by atoms with Crippen LogP contribution in [0.25, 0.3) is 0 Å². The number of hydrogen-bond acceptors (Lipinski definition) is 7. The van der Waals surface area contributed by atoms with Gasteiger partial charge in [0.15, 0.2) is 12.5 Å². The van der Waals surface area contributed by atoms with Gasteiger partial charge in [-0.25, -0.2) is 4.99 Å². The second-order valence-electron chi connectivity index (χ2n) is 7.36. The van der Waals surface area contributed by atoms with Gasteiger partial charge in [0.2, 0.25) is 11.8 Å². The molecule has 1 saturated carbocycles. The van der Waals surface area contributed by atoms with E-state index in [1.807, 2.05) is 13.0 Å². The number of nitrogens with one attached hydrogen (secondary N) is 3. The van der Waals surface area contributed by atoms with E-state index >= 15 is 0 Å². The molecule has 3 rings (SSSR count). The number of rotatable bonds is 7. The van der Waals surface area contributed by atoms with Crippen molar-refractivity contribution in [3.8, 4) is 5.88 Å². The molecule has 1 amide bonds. The Hall–Kier alpha value is -2.68. The average molecular weight is 402 g/mol. The second kappa shape index (κ2) is 10.2. The van der Waals surface area contributed by atoms with Crippen molar-refractivity contribution in [2.24, 2.45) is 10.7 Å². The Morgan fingerprint density at radius 3 is 2.97 bits per heavy atom. The summed E-state index contributed by atoms with van der Waals surface area (Å²) in [7, 11) is 0. The summed E-state index contributed by atoms with van der Waals surface area (Å²) in [6.07, 6.45) is 10.5. The number of carbonyl (C=O) groups is 1. The summed E-state index contributed by atoms with van der Waals surface area (Å²) in [5.41, 5.74) is 6.55. The summed E-state index contributed by atoms with van der Waals surface area (Å²) in [5.74, 6) is 1.53. The number of amidine groups is 1. The smallest absolute Gasteiger partial charge is 0.263 e. The first-order valence-corrected chi connectivity index (χ1v) is 10.4. The average Bonchev–Trinajstić information content (AvgIpc) is 2.71. The molecular formula is C20H31N7O2. The third kappa shape index (κ3) is 5.44. The number of aliphatic imine (C=N–C) groups is 1. The number of aromatic nitrogens is 2. The quantitative estimate of drug-likeness (QED) is 0.409. The van der Waals surface area contributed by atoms with Crippen molar-refractivity contribution in [2.75, 3.05) is 17.4 Å². The monoisotopic (exact) mass is 401 g/mol. The van der Waals surface area contributed by atoms with Gasteiger partial charge in [-0.1, -0.05) is 32.3 Å². The zero-order valence-electron chi connectivity index (χ0n) is 17.2. The molecule has 0 bridgehead atoms. The van der Waals surface area contributed by atoms with Crippen molar-refractivity contribution in [2.45, 2.75) is 70.9 Å². The fourth-order valence-electron chi connectivity index (χ4n) is 3.47. The molecule has 1 aliphatic carbocycles. The molecule has 2 aliphatic rings. The van der Waals surface area contributed by atoms with E-state index in [9.17, 15) is 4.79 Å². The van der Waals surface area contributed by atoms with E-state index in [1.54, 1.807) is 6.20 Å². The summed E-state index contributed by atoms with van der Waals surface area (Å²) < 4.78 is 5.59. The number of hydrogen-bond donors (Lipinski definition) is 4. The first-order valence-electron chi connectivity index (χ1n) is 10.4. The molecular weight excluding hydrogens is 370 g/mol.